The van der Waals surface area contributed by atoms with Crippen LogP contribution in [0.3, 0.4) is 0 Å². The molecule has 0 atom stereocenters. The normalized spacial score (nSPS) is 18.7. The highest BCUT2D eigenvalue weighted by atomic mass is 16.5. The zero-order valence-electron chi connectivity index (χ0n) is 7.10. The molecule has 1 heteroatoms. The Hall–Kier alpha value is -0.980. The first kappa shape index (κ1) is 6.53. The van der Waals surface area contributed by atoms with E-state index in [4.69, 9.17) is 4.74 Å². The van der Waals surface area contributed by atoms with Crippen LogP contribution in [0.4, 0.5) is 0 Å². The van der Waals surface area contributed by atoms with Gasteiger partial charge in [-0.3, -0.25) is 0 Å². The molecule has 0 saturated heterocycles. The predicted octanol–water partition coefficient (Wildman–Crippen LogP) is 2.11. The molecule has 62 valence electrons. The van der Waals surface area contributed by atoms with Gasteiger partial charge >= 0.3 is 0 Å². The van der Waals surface area contributed by atoms with Gasteiger partial charge in [-0.1, -0.05) is 12.1 Å². The largest absolute Gasteiger partial charge is 0.493 e. The van der Waals surface area contributed by atoms with Crippen LogP contribution in [0.25, 0.3) is 0 Å². The number of ether oxygens (including phenoxy) is 1. The smallest absolute Gasteiger partial charge is 0.126 e. The van der Waals surface area contributed by atoms with E-state index in [0.29, 0.717) is 0 Å². The molecule has 0 fully saturated rings. The molecular weight excluding hydrogens is 148 g/mol. The second-order valence-corrected chi connectivity index (χ2v) is 3.64. The fraction of sp³-hybridized carbons (Fsp3) is 0.455. The van der Waals surface area contributed by atoms with Crippen molar-refractivity contribution < 1.29 is 4.74 Å². The van der Waals surface area contributed by atoms with Crippen molar-refractivity contribution in [3.63, 3.8) is 0 Å². The summed E-state index contributed by atoms with van der Waals surface area (Å²) in [6.07, 6.45) is 4.92. The molecule has 1 nitrogen and oxygen atoms in total. The van der Waals surface area contributed by atoms with Gasteiger partial charge in [0.25, 0.3) is 0 Å². The average molecular weight is 160 g/mol. The Morgan fingerprint density at radius 2 is 1.92 bits per heavy atom. The molecule has 1 aromatic carbocycles. The number of fused-ring (bicyclic) bond motifs is 3. The Morgan fingerprint density at radius 1 is 1.00 bits per heavy atom. The monoisotopic (exact) mass is 160 g/mol. The topological polar surface area (TPSA) is 9.23 Å². The molecule has 0 spiro atoms. The van der Waals surface area contributed by atoms with Gasteiger partial charge in [0.15, 0.2) is 0 Å². The molecule has 0 N–H and O–H groups in total. The second kappa shape index (κ2) is 2.25. The van der Waals surface area contributed by atoms with Gasteiger partial charge in [-0.15, -0.1) is 0 Å². The standard InChI is InChI=1S/C11H12O/c1-2-8-4-5-9-6-7-12-11(9)10(8)3-1/h4-5H,1-3,6-7H2. The molecule has 2 aliphatic rings. The molecule has 1 aliphatic carbocycles. The van der Waals surface area contributed by atoms with E-state index in [1.54, 1.807) is 0 Å². The molecule has 1 heterocycles. The van der Waals surface area contributed by atoms with E-state index >= 15 is 0 Å². The van der Waals surface area contributed by atoms with E-state index < -0.39 is 0 Å². The van der Waals surface area contributed by atoms with Gasteiger partial charge < -0.3 is 4.74 Å². The molecule has 0 radical (unpaired) electrons. The Kier molecular flexibility index (Phi) is 1.23. The minimum Gasteiger partial charge on any atom is -0.493 e. The van der Waals surface area contributed by atoms with Crippen molar-refractivity contribution in [3.8, 4) is 5.75 Å². The fourth-order valence-corrected chi connectivity index (χ4v) is 2.32. The van der Waals surface area contributed by atoms with Crippen LogP contribution in [0.2, 0.25) is 0 Å². The minimum absolute atomic E-state index is 0.895. The number of rotatable bonds is 0. The highest BCUT2D eigenvalue weighted by molar-refractivity contribution is 5.50. The van der Waals surface area contributed by atoms with Crippen molar-refractivity contribution in [2.75, 3.05) is 6.61 Å². The maximum atomic E-state index is 5.64. The summed E-state index contributed by atoms with van der Waals surface area (Å²) in [5.41, 5.74) is 4.45. The van der Waals surface area contributed by atoms with Crippen molar-refractivity contribution in [2.45, 2.75) is 25.7 Å². The molecule has 0 aromatic heterocycles. The van der Waals surface area contributed by atoms with Gasteiger partial charge in [0.1, 0.15) is 5.75 Å². The lowest BCUT2D eigenvalue weighted by Gasteiger charge is -2.05. The van der Waals surface area contributed by atoms with Crippen LogP contribution in [0, 0.1) is 0 Å². The molecule has 0 bridgehead atoms. The van der Waals surface area contributed by atoms with Gasteiger partial charge in [-0.05, 0) is 36.0 Å². The number of benzene rings is 1. The molecule has 3 rings (SSSR count). The summed E-state index contributed by atoms with van der Waals surface area (Å²) < 4.78 is 5.64. The summed E-state index contributed by atoms with van der Waals surface area (Å²) in [5.74, 6) is 1.23. The van der Waals surface area contributed by atoms with Crippen LogP contribution in [0.1, 0.15) is 23.1 Å². The molecule has 0 amide bonds. The summed E-state index contributed by atoms with van der Waals surface area (Å²) in [6, 6.07) is 4.53. The molecular formula is C11H12O. The van der Waals surface area contributed by atoms with Gasteiger partial charge in [0.2, 0.25) is 0 Å². The second-order valence-electron chi connectivity index (χ2n) is 3.64. The summed E-state index contributed by atoms with van der Waals surface area (Å²) >= 11 is 0. The third kappa shape index (κ3) is 0.739. The van der Waals surface area contributed by atoms with Crippen molar-refractivity contribution in [2.24, 2.45) is 0 Å². The van der Waals surface area contributed by atoms with Gasteiger partial charge in [-0.2, -0.15) is 0 Å². The average Bonchev–Trinajstić information content (AvgIpc) is 2.71. The Bertz CT molecular complexity index is 295. The third-order valence-electron chi connectivity index (χ3n) is 2.93. The molecule has 0 unspecified atom stereocenters. The number of aryl methyl sites for hydroxylation is 1. The first-order valence-electron chi connectivity index (χ1n) is 4.71. The van der Waals surface area contributed by atoms with E-state index in [9.17, 15) is 0 Å². The van der Waals surface area contributed by atoms with Gasteiger partial charge in [-0.25, -0.2) is 0 Å². The first-order chi connectivity index (χ1) is 5.95. The van der Waals surface area contributed by atoms with Gasteiger partial charge in [0, 0.05) is 6.42 Å². The molecule has 12 heavy (non-hydrogen) atoms. The van der Waals surface area contributed by atoms with Crippen molar-refractivity contribution in [3.05, 3.63) is 28.8 Å². The van der Waals surface area contributed by atoms with Crippen molar-refractivity contribution >= 4 is 0 Å². The summed E-state index contributed by atoms with van der Waals surface area (Å²) in [6.45, 7) is 0.895. The first-order valence-corrected chi connectivity index (χ1v) is 4.71. The summed E-state index contributed by atoms with van der Waals surface area (Å²) in [4.78, 5) is 0. The van der Waals surface area contributed by atoms with Crippen molar-refractivity contribution in [1.29, 1.82) is 0 Å². The minimum atomic E-state index is 0.895. The molecule has 0 saturated carbocycles. The summed E-state index contributed by atoms with van der Waals surface area (Å²) in [5, 5.41) is 0. The molecule has 1 aliphatic heterocycles. The fourth-order valence-electron chi connectivity index (χ4n) is 2.32. The lowest BCUT2D eigenvalue weighted by molar-refractivity contribution is 0.354. The van der Waals surface area contributed by atoms with Crippen LogP contribution < -0.4 is 4.74 Å². The van der Waals surface area contributed by atoms with E-state index in [0.717, 1.165) is 13.0 Å². The van der Waals surface area contributed by atoms with Crippen LogP contribution in [0.15, 0.2) is 12.1 Å². The molecule has 1 aromatic rings. The zero-order valence-corrected chi connectivity index (χ0v) is 7.10. The van der Waals surface area contributed by atoms with E-state index in [1.807, 2.05) is 0 Å². The zero-order chi connectivity index (χ0) is 7.97. The van der Waals surface area contributed by atoms with Crippen LogP contribution in [-0.2, 0) is 19.3 Å². The Morgan fingerprint density at radius 3 is 2.92 bits per heavy atom. The van der Waals surface area contributed by atoms with Crippen LogP contribution in [0.5, 0.6) is 5.75 Å². The number of hydrogen-bond donors (Lipinski definition) is 0. The van der Waals surface area contributed by atoms with E-state index in [2.05, 4.69) is 12.1 Å². The SMILES string of the molecule is c1cc2c(c3c1CCC3)OCC2. The highest BCUT2D eigenvalue weighted by Gasteiger charge is 2.21. The summed E-state index contributed by atoms with van der Waals surface area (Å²) in [7, 11) is 0. The Labute approximate surface area is 72.4 Å². The Balaban J connectivity index is 2.24. The van der Waals surface area contributed by atoms with Crippen LogP contribution in [-0.4, -0.2) is 6.61 Å². The van der Waals surface area contributed by atoms with Crippen molar-refractivity contribution in [1.82, 2.24) is 0 Å². The predicted molar refractivity (Wildman–Crippen MR) is 47.7 cm³/mol. The maximum Gasteiger partial charge on any atom is 0.126 e. The van der Waals surface area contributed by atoms with E-state index in [1.165, 1.54) is 41.7 Å². The lowest BCUT2D eigenvalue weighted by atomic mass is 10.0. The number of hydrogen-bond acceptors (Lipinski definition) is 1. The maximum absolute atomic E-state index is 5.64. The van der Waals surface area contributed by atoms with Gasteiger partial charge in [0.05, 0.1) is 6.61 Å². The quantitative estimate of drug-likeness (QED) is 0.564. The third-order valence-corrected chi connectivity index (χ3v) is 2.93. The highest BCUT2D eigenvalue weighted by Crippen LogP contribution is 2.36. The van der Waals surface area contributed by atoms with Crippen LogP contribution >= 0.6 is 0 Å². The van der Waals surface area contributed by atoms with E-state index in [-0.39, 0.29) is 0 Å². The lowest BCUT2D eigenvalue weighted by Crippen LogP contribution is -1.90.